The fourth-order valence-corrected chi connectivity index (χ4v) is 3.59. The number of hydrogen-bond donors (Lipinski definition) is 2. The Hall–Kier alpha value is -2.32. The van der Waals surface area contributed by atoms with Gasteiger partial charge in [-0.3, -0.25) is 4.79 Å². The lowest BCUT2D eigenvalue weighted by Crippen LogP contribution is -2.47. The minimum atomic E-state index is -4.24. The molecule has 1 unspecified atom stereocenters. The topological polar surface area (TPSA) is 75.3 Å². The molecule has 0 aliphatic carbocycles. The second kappa shape index (κ2) is 7.71. The molecule has 2 aromatic carbocycles. The maximum atomic E-state index is 13.8. The number of halogens is 2. The second-order valence-electron chi connectivity index (χ2n) is 5.77. The SMILES string of the molecule is CC(C)C(NS(=O)(=O)c1ccccc1F)C(=O)Nc1cccc(F)c1. The summed E-state index contributed by atoms with van der Waals surface area (Å²) in [5.74, 6) is -2.54. The molecule has 0 radical (unpaired) electrons. The first-order chi connectivity index (χ1) is 11.7. The lowest BCUT2D eigenvalue weighted by molar-refractivity contribution is -0.118. The van der Waals surface area contributed by atoms with E-state index in [1.54, 1.807) is 13.8 Å². The van der Waals surface area contributed by atoms with E-state index in [-0.39, 0.29) is 5.69 Å². The molecular weight excluding hydrogens is 350 g/mol. The number of nitrogens with one attached hydrogen (secondary N) is 2. The van der Waals surface area contributed by atoms with Gasteiger partial charge in [-0.2, -0.15) is 4.72 Å². The molecule has 0 saturated carbocycles. The highest BCUT2D eigenvalue weighted by molar-refractivity contribution is 7.89. The van der Waals surface area contributed by atoms with Gasteiger partial charge in [-0.05, 0) is 36.2 Å². The summed E-state index contributed by atoms with van der Waals surface area (Å²) in [4.78, 5) is 11.9. The molecule has 2 N–H and O–H groups in total. The smallest absolute Gasteiger partial charge is 0.244 e. The molecule has 1 atom stereocenters. The average molecular weight is 368 g/mol. The van der Waals surface area contributed by atoms with Crippen molar-refractivity contribution in [3.8, 4) is 0 Å². The van der Waals surface area contributed by atoms with Gasteiger partial charge in [-0.1, -0.05) is 32.0 Å². The van der Waals surface area contributed by atoms with E-state index in [0.717, 1.165) is 18.2 Å². The van der Waals surface area contributed by atoms with Crippen LogP contribution in [-0.4, -0.2) is 20.4 Å². The Morgan fingerprint density at radius 1 is 1.04 bits per heavy atom. The Bertz CT molecular complexity index is 870. The van der Waals surface area contributed by atoms with Gasteiger partial charge in [-0.15, -0.1) is 0 Å². The molecule has 0 heterocycles. The van der Waals surface area contributed by atoms with E-state index in [0.29, 0.717) is 0 Å². The average Bonchev–Trinajstić information content (AvgIpc) is 2.52. The Labute approximate surface area is 145 Å². The molecule has 0 saturated heterocycles. The lowest BCUT2D eigenvalue weighted by atomic mass is 10.0. The van der Waals surface area contributed by atoms with Crippen molar-refractivity contribution in [2.45, 2.75) is 24.8 Å². The normalized spacial score (nSPS) is 12.8. The number of carbonyl (C=O) groups excluding carboxylic acids is 1. The molecule has 0 spiro atoms. The van der Waals surface area contributed by atoms with E-state index >= 15 is 0 Å². The Morgan fingerprint density at radius 3 is 2.32 bits per heavy atom. The number of sulfonamides is 1. The van der Waals surface area contributed by atoms with Crippen LogP contribution in [0.3, 0.4) is 0 Å². The molecule has 2 rings (SSSR count). The molecule has 8 heteroatoms. The van der Waals surface area contributed by atoms with Crippen LogP contribution in [0.1, 0.15) is 13.8 Å². The number of rotatable bonds is 6. The van der Waals surface area contributed by atoms with Crippen molar-refractivity contribution in [1.82, 2.24) is 4.72 Å². The van der Waals surface area contributed by atoms with Crippen molar-refractivity contribution in [3.05, 3.63) is 60.2 Å². The lowest BCUT2D eigenvalue weighted by Gasteiger charge is -2.21. The van der Waals surface area contributed by atoms with Gasteiger partial charge in [0.05, 0.1) is 0 Å². The van der Waals surface area contributed by atoms with Crippen molar-refractivity contribution in [1.29, 1.82) is 0 Å². The highest BCUT2D eigenvalue weighted by atomic mass is 32.2. The van der Waals surface area contributed by atoms with E-state index in [4.69, 9.17) is 0 Å². The Morgan fingerprint density at radius 2 is 1.72 bits per heavy atom. The van der Waals surface area contributed by atoms with E-state index in [2.05, 4.69) is 10.0 Å². The van der Waals surface area contributed by atoms with Crippen molar-refractivity contribution < 1.29 is 22.0 Å². The number of hydrogen-bond acceptors (Lipinski definition) is 3. The zero-order valence-electron chi connectivity index (χ0n) is 13.7. The van der Waals surface area contributed by atoms with E-state index in [9.17, 15) is 22.0 Å². The first-order valence-corrected chi connectivity index (χ1v) is 9.02. The van der Waals surface area contributed by atoms with Crippen LogP contribution in [0, 0.1) is 17.6 Å². The zero-order chi connectivity index (χ0) is 18.6. The molecular formula is C17H18F2N2O3S. The second-order valence-corrected chi connectivity index (χ2v) is 7.46. The van der Waals surface area contributed by atoms with E-state index in [1.165, 1.54) is 30.3 Å². The number of anilines is 1. The predicted octanol–water partition coefficient (Wildman–Crippen LogP) is 2.91. The van der Waals surface area contributed by atoms with Crippen molar-refractivity contribution >= 4 is 21.6 Å². The molecule has 0 aliphatic heterocycles. The van der Waals surface area contributed by atoms with Gasteiger partial charge in [0.1, 0.15) is 22.6 Å². The van der Waals surface area contributed by atoms with Gasteiger partial charge in [0.25, 0.3) is 0 Å². The van der Waals surface area contributed by atoms with Crippen LogP contribution in [0.15, 0.2) is 53.4 Å². The summed E-state index contributed by atoms with van der Waals surface area (Å²) in [6.45, 7) is 3.28. The quantitative estimate of drug-likeness (QED) is 0.823. The van der Waals surface area contributed by atoms with Crippen LogP contribution < -0.4 is 10.0 Å². The van der Waals surface area contributed by atoms with Crippen LogP contribution in [0.2, 0.25) is 0 Å². The minimum absolute atomic E-state index is 0.195. The standard InChI is InChI=1S/C17H18F2N2O3S/c1-11(2)16(17(22)20-13-7-5-6-12(18)10-13)21-25(23,24)15-9-4-3-8-14(15)19/h3-11,16,21H,1-2H3,(H,20,22). The number of amides is 1. The fraction of sp³-hybridized carbons (Fsp3) is 0.235. The van der Waals surface area contributed by atoms with Crippen LogP contribution in [0.4, 0.5) is 14.5 Å². The Balaban J connectivity index is 2.23. The van der Waals surface area contributed by atoms with Crippen LogP contribution in [0.5, 0.6) is 0 Å². The first-order valence-electron chi connectivity index (χ1n) is 7.54. The van der Waals surface area contributed by atoms with Gasteiger partial charge >= 0.3 is 0 Å². The third-order valence-electron chi connectivity index (χ3n) is 3.45. The predicted molar refractivity (Wildman–Crippen MR) is 90.4 cm³/mol. The summed E-state index contributed by atoms with van der Waals surface area (Å²) in [6.07, 6.45) is 0. The molecule has 0 fully saturated rings. The van der Waals surface area contributed by atoms with E-state index < -0.39 is 44.4 Å². The van der Waals surface area contributed by atoms with Gasteiger partial charge in [0, 0.05) is 5.69 Å². The monoisotopic (exact) mass is 368 g/mol. The molecule has 1 amide bonds. The number of benzene rings is 2. The van der Waals surface area contributed by atoms with Gasteiger partial charge in [-0.25, -0.2) is 17.2 Å². The molecule has 0 aromatic heterocycles. The van der Waals surface area contributed by atoms with E-state index in [1.807, 2.05) is 0 Å². The summed E-state index contributed by atoms with van der Waals surface area (Å²) in [7, 11) is -4.24. The number of carbonyl (C=O) groups is 1. The minimum Gasteiger partial charge on any atom is -0.325 e. The highest BCUT2D eigenvalue weighted by Gasteiger charge is 2.29. The Kier molecular flexibility index (Phi) is 5.86. The van der Waals surface area contributed by atoms with Crippen LogP contribution in [0.25, 0.3) is 0 Å². The molecule has 2 aromatic rings. The molecule has 5 nitrogen and oxygen atoms in total. The summed E-state index contributed by atoms with van der Waals surface area (Å²) >= 11 is 0. The van der Waals surface area contributed by atoms with Gasteiger partial charge < -0.3 is 5.32 Å². The largest absolute Gasteiger partial charge is 0.325 e. The van der Waals surface area contributed by atoms with Gasteiger partial charge in [0.15, 0.2) is 0 Å². The molecule has 25 heavy (non-hydrogen) atoms. The highest BCUT2D eigenvalue weighted by Crippen LogP contribution is 2.17. The third kappa shape index (κ3) is 4.83. The van der Waals surface area contributed by atoms with Crippen LogP contribution in [-0.2, 0) is 14.8 Å². The summed E-state index contributed by atoms with van der Waals surface area (Å²) in [6, 6.07) is 8.94. The van der Waals surface area contributed by atoms with Crippen LogP contribution >= 0.6 is 0 Å². The molecule has 0 aliphatic rings. The zero-order valence-corrected chi connectivity index (χ0v) is 14.5. The maximum absolute atomic E-state index is 13.8. The fourth-order valence-electron chi connectivity index (χ4n) is 2.17. The summed E-state index contributed by atoms with van der Waals surface area (Å²) < 4.78 is 54.0. The van der Waals surface area contributed by atoms with Crippen molar-refractivity contribution in [3.63, 3.8) is 0 Å². The summed E-state index contributed by atoms with van der Waals surface area (Å²) in [5, 5.41) is 2.45. The summed E-state index contributed by atoms with van der Waals surface area (Å²) in [5.41, 5.74) is 0.195. The van der Waals surface area contributed by atoms with Crippen molar-refractivity contribution in [2.75, 3.05) is 5.32 Å². The van der Waals surface area contributed by atoms with Gasteiger partial charge in [0.2, 0.25) is 15.9 Å². The molecule has 134 valence electrons. The third-order valence-corrected chi connectivity index (χ3v) is 4.92. The van der Waals surface area contributed by atoms with Crippen molar-refractivity contribution in [2.24, 2.45) is 5.92 Å². The maximum Gasteiger partial charge on any atom is 0.244 e. The molecule has 0 bridgehead atoms. The first kappa shape index (κ1) is 19.0.